The van der Waals surface area contributed by atoms with Crippen molar-refractivity contribution in [2.45, 2.75) is 38.5 Å². The first-order chi connectivity index (χ1) is 9.25. The molecule has 2 aliphatic heterocycles. The molecule has 0 aromatic carbocycles. The second kappa shape index (κ2) is 7.85. The third kappa shape index (κ3) is 5.11. The van der Waals surface area contributed by atoms with Gasteiger partial charge in [0.1, 0.15) is 0 Å². The second-order valence-electron chi connectivity index (χ2n) is 6.17. The fourth-order valence-corrected chi connectivity index (χ4v) is 3.08. The first-order valence-corrected chi connectivity index (χ1v) is 7.93. The smallest absolute Gasteiger partial charge is 0.236 e. The Kier molecular flexibility index (Phi) is 6.11. The molecule has 0 saturated carbocycles. The summed E-state index contributed by atoms with van der Waals surface area (Å²) < 4.78 is 0. The molecule has 0 atom stereocenters. The van der Waals surface area contributed by atoms with Gasteiger partial charge in [0, 0.05) is 13.1 Å². The molecular formula is C15H29N3O. The van der Waals surface area contributed by atoms with Crippen LogP contribution in [0, 0.1) is 5.92 Å². The van der Waals surface area contributed by atoms with Crippen LogP contribution < -0.4 is 5.32 Å². The third-order valence-corrected chi connectivity index (χ3v) is 4.51. The average molecular weight is 267 g/mol. The molecule has 0 radical (unpaired) electrons. The van der Waals surface area contributed by atoms with E-state index >= 15 is 0 Å². The van der Waals surface area contributed by atoms with Crippen LogP contribution in [0.15, 0.2) is 0 Å². The summed E-state index contributed by atoms with van der Waals surface area (Å²) in [6.07, 6.45) is 7.46. The van der Waals surface area contributed by atoms with Crippen LogP contribution in [0.2, 0.25) is 0 Å². The SMILES string of the molecule is CN1CCC(CNCC(=O)N2CCCCCC2)CC1. The van der Waals surface area contributed by atoms with E-state index in [1.807, 2.05) is 0 Å². The summed E-state index contributed by atoms with van der Waals surface area (Å²) in [4.78, 5) is 16.5. The zero-order chi connectivity index (χ0) is 13.5. The van der Waals surface area contributed by atoms with Gasteiger partial charge >= 0.3 is 0 Å². The predicted octanol–water partition coefficient (Wildman–Crippen LogP) is 1.32. The lowest BCUT2D eigenvalue weighted by atomic mass is 9.97. The zero-order valence-corrected chi connectivity index (χ0v) is 12.4. The van der Waals surface area contributed by atoms with Crippen LogP contribution in [0.3, 0.4) is 0 Å². The van der Waals surface area contributed by atoms with Gasteiger partial charge in [-0.25, -0.2) is 0 Å². The van der Waals surface area contributed by atoms with Crippen molar-refractivity contribution in [2.75, 3.05) is 46.3 Å². The highest BCUT2D eigenvalue weighted by Gasteiger charge is 2.18. The van der Waals surface area contributed by atoms with Crippen LogP contribution in [0.5, 0.6) is 0 Å². The summed E-state index contributed by atoms with van der Waals surface area (Å²) in [6, 6.07) is 0. The van der Waals surface area contributed by atoms with E-state index in [0.717, 1.165) is 25.6 Å². The quantitative estimate of drug-likeness (QED) is 0.834. The molecule has 110 valence electrons. The molecule has 2 rings (SSSR count). The van der Waals surface area contributed by atoms with Crippen LogP contribution in [0.1, 0.15) is 38.5 Å². The van der Waals surface area contributed by atoms with Gasteiger partial charge in [-0.1, -0.05) is 12.8 Å². The summed E-state index contributed by atoms with van der Waals surface area (Å²) in [6.45, 7) is 5.88. The van der Waals surface area contributed by atoms with Gasteiger partial charge in [0.05, 0.1) is 6.54 Å². The van der Waals surface area contributed by atoms with E-state index in [1.165, 1.54) is 51.6 Å². The highest BCUT2D eigenvalue weighted by Crippen LogP contribution is 2.14. The summed E-state index contributed by atoms with van der Waals surface area (Å²) >= 11 is 0. The summed E-state index contributed by atoms with van der Waals surface area (Å²) in [5.41, 5.74) is 0. The van der Waals surface area contributed by atoms with Crippen molar-refractivity contribution >= 4 is 5.91 Å². The van der Waals surface area contributed by atoms with E-state index in [2.05, 4.69) is 22.2 Å². The Morgan fingerprint density at radius 3 is 2.32 bits per heavy atom. The zero-order valence-electron chi connectivity index (χ0n) is 12.4. The molecular weight excluding hydrogens is 238 g/mol. The highest BCUT2D eigenvalue weighted by atomic mass is 16.2. The van der Waals surface area contributed by atoms with Crippen molar-refractivity contribution in [1.82, 2.24) is 15.1 Å². The largest absolute Gasteiger partial charge is 0.342 e. The highest BCUT2D eigenvalue weighted by molar-refractivity contribution is 5.78. The van der Waals surface area contributed by atoms with E-state index in [4.69, 9.17) is 0 Å². The van der Waals surface area contributed by atoms with Crippen LogP contribution in [0.25, 0.3) is 0 Å². The predicted molar refractivity (Wildman–Crippen MR) is 78.1 cm³/mol. The van der Waals surface area contributed by atoms with Gasteiger partial charge in [-0.2, -0.15) is 0 Å². The molecule has 2 heterocycles. The van der Waals surface area contributed by atoms with Crippen molar-refractivity contribution < 1.29 is 4.79 Å². The molecule has 4 nitrogen and oxygen atoms in total. The normalized spacial score (nSPS) is 23.3. The molecule has 0 bridgehead atoms. The van der Waals surface area contributed by atoms with Gasteiger partial charge in [0.25, 0.3) is 0 Å². The fraction of sp³-hybridized carbons (Fsp3) is 0.933. The molecule has 1 amide bonds. The van der Waals surface area contributed by atoms with Crippen molar-refractivity contribution in [3.63, 3.8) is 0 Å². The molecule has 2 fully saturated rings. The lowest BCUT2D eigenvalue weighted by molar-refractivity contribution is -0.130. The van der Waals surface area contributed by atoms with Gasteiger partial charge in [0.15, 0.2) is 0 Å². The van der Waals surface area contributed by atoms with E-state index in [0.29, 0.717) is 12.5 Å². The number of nitrogens with zero attached hydrogens (tertiary/aromatic N) is 2. The summed E-state index contributed by atoms with van der Waals surface area (Å²) in [5.74, 6) is 1.06. The Labute approximate surface area is 117 Å². The minimum Gasteiger partial charge on any atom is -0.342 e. The lowest BCUT2D eigenvalue weighted by Gasteiger charge is -2.29. The molecule has 19 heavy (non-hydrogen) atoms. The third-order valence-electron chi connectivity index (χ3n) is 4.51. The topological polar surface area (TPSA) is 35.6 Å². The summed E-state index contributed by atoms with van der Waals surface area (Å²) in [7, 11) is 2.19. The van der Waals surface area contributed by atoms with Crippen molar-refractivity contribution in [1.29, 1.82) is 0 Å². The fourth-order valence-electron chi connectivity index (χ4n) is 3.08. The molecule has 0 spiro atoms. The first-order valence-electron chi connectivity index (χ1n) is 7.93. The number of hydrogen-bond donors (Lipinski definition) is 1. The van der Waals surface area contributed by atoms with Gasteiger partial charge in [-0.15, -0.1) is 0 Å². The van der Waals surface area contributed by atoms with Crippen LogP contribution in [0.4, 0.5) is 0 Å². The van der Waals surface area contributed by atoms with E-state index in [1.54, 1.807) is 0 Å². The standard InChI is InChI=1S/C15H29N3O/c1-17-10-6-14(7-11-17)12-16-13-15(19)18-8-4-2-3-5-9-18/h14,16H,2-13H2,1H3. The molecule has 2 aliphatic rings. The van der Waals surface area contributed by atoms with Crippen molar-refractivity contribution in [3.8, 4) is 0 Å². The average Bonchev–Trinajstić information content (AvgIpc) is 2.70. The first kappa shape index (κ1) is 14.8. The summed E-state index contributed by atoms with van der Waals surface area (Å²) in [5, 5.41) is 3.38. The molecule has 4 heteroatoms. The number of carbonyl (C=O) groups is 1. The number of nitrogens with one attached hydrogen (secondary N) is 1. The van der Waals surface area contributed by atoms with Gasteiger partial charge in [-0.05, 0) is 58.3 Å². The van der Waals surface area contributed by atoms with Crippen molar-refractivity contribution in [3.05, 3.63) is 0 Å². The number of rotatable bonds is 4. The Bertz CT molecular complexity index is 267. The number of carbonyl (C=O) groups excluding carboxylic acids is 1. The minimum absolute atomic E-state index is 0.301. The molecule has 0 aliphatic carbocycles. The van der Waals surface area contributed by atoms with Crippen LogP contribution in [-0.2, 0) is 4.79 Å². The molecule has 1 N–H and O–H groups in total. The van der Waals surface area contributed by atoms with Gasteiger partial charge in [0.2, 0.25) is 5.91 Å². The lowest BCUT2D eigenvalue weighted by Crippen LogP contribution is -2.41. The number of likely N-dealkylation sites (tertiary alicyclic amines) is 2. The molecule has 0 aromatic heterocycles. The Hall–Kier alpha value is -0.610. The van der Waals surface area contributed by atoms with Crippen molar-refractivity contribution in [2.24, 2.45) is 5.92 Å². The monoisotopic (exact) mass is 267 g/mol. The number of amides is 1. The van der Waals surface area contributed by atoms with Crippen LogP contribution in [-0.4, -0.2) is 62.0 Å². The second-order valence-corrected chi connectivity index (χ2v) is 6.17. The number of piperidine rings is 1. The number of hydrogen-bond acceptors (Lipinski definition) is 3. The van der Waals surface area contributed by atoms with Gasteiger partial charge < -0.3 is 15.1 Å². The maximum Gasteiger partial charge on any atom is 0.236 e. The van der Waals surface area contributed by atoms with Gasteiger partial charge in [-0.3, -0.25) is 4.79 Å². The molecule has 0 aromatic rings. The van der Waals surface area contributed by atoms with E-state index in [-0.39, 0.29) is 0 Å². The Morgan fingerprint density at radius 1 is 1.05 bits per heavy atom. The van der Waals surface area contributed by atoms with Crippen LogP contribution >= 0.6 is 0 Å². The van der Waals surface area contributed by atoms with E-state index < -0.39 is 0 Å². The Morgan fingerprint density at radius 2 is 1.68 bits per heavy atom. The van der Waals surface area contributed by atoms with E-state index in [9.17, 15) is 4.79 Å². The minimum atomic E-state index is 0.301. The molecule has 2 saturated heterocycles. The molecule has 0 unspecified atom stereocenters. The maximum atomic E-state index is 12.1. The maximum absolute atomic E-state index is 12.1. The Balaban J connectivity index is 1.60.